The highest BCUT2D eigenvalue weighted by Gasteiger charge is 2.16. The normalized spacial score (nSPS) is 12.9. The largest absolute Gasteiger partial charge is 0.385 e. The summed E-state index contributed by atoms with van der Waals surface area (Å²) >= 11 is 0. The van der Waals surface area contributed by atoms with Crippen molar-refractivity contribution in [2.75, 3.05) is 17.6 Å². The lowest BCUT2D eigenvalue weighted by Crippen LogP contribution is -2.27. The van der Waals surface area contributed by atoms with Gasteiger partial charge in [0.1, 0.15) is 17.7 Å². The molecule has 4 N–H and O–H groups in total. The number of nitrogens with two attached hydrogens (primary N) is 1. The molecule has 5 nitrogen and oxygen atoms in total. The van der Waals surface area contributed by atoms with Crippen LogP contribution in [0.5, 0.6) is 0 Å². The molecule has 0 amide bonds. The van der Waals surface area contributed by atoms with Crippen molar-refractivity contribution >= 4 is 11.6 Å². The van der Waals surface area contributed by atoms with Crippen LogP contribution in [-0.2, 0) is 0 Å². The van der Waals surface area contributed by atoms with E-state index >= 15 is 0 Å². The van der Waals surface area contributed by atoms with Crippen LogP contribution in [0.4, 0.5) is 20.4 Å². The van der Waals surface area contributed by atoms with E-state index in [1.807, 2.05) is 0 Å². The van der Waals surface area contributed by atoms with E-state index in [4.69, 9.17) is 10.8 Å². The van der Waals surface area contributed by atoms with Crippen LogP contribution in [0, 0.1) is 0 Å². The zero-order chi connectivity index (χ0) is 10.6. The Hall–Kier alpha value is -1.50. The molecule has 1 aromatic rings. The molecule has 0 aliphatic heterocycles. The summed E-state index contributed by atoms with van der Waals surface area (Å²) in [6.07, 6.45) is -1.85. The summed E-state index contributed by atoms with van der Waals surface area (Å²) < 4.78 is 23.7. The lowest BCUT2D eigenvalue weighted by atomic mass is 10.4. The number of aliphatic hydroxyl groups excluding tert-OH is 1. The Morgan fingerprint density at radius 1 is 1.50 bits per heavy atom. The number of nitrogen functional groups attached to an aromatic ring is 1. The molecule has 14 heavy (non-hydrogen) atoms. The Labute approximate surface area is 79.0 Å². The van der Waals surface area contributed by atoms with Crippen molar-refractivity contribution in [1.82, 2.24) is 9.97 Å². The van der Waals surface area contributed by atoms with Crippen LogP contribution in [0.2, 0.25) is 0 Å². The molecule has 1 heterocycles. The van der Waals surface area contributed by atoms with Crippen molar-refractivity contribution in [2.24, 2.45) is 0 Å². The second-order valence-electron chi connectivity index (χ2n) is 2.61. The molecule has 0 saturated heterocycles. The van der Waals surface area contributed by atoms with Crippen molar-refractivity contribution in [3.8, 4) is 0 Å². The van der Waals surface area contributed by atoms with Crippen molar-refractivity contribution < 1.29 is 13.9 Å². The smallest absolute Gasteiger partial charge is 0.265 e. The lowest BCUT2D eigenvalue weighted by Gasteiger charge is -2.10. The Kier molecular flexibility index (Phi) is 3.52. The molecule has 0 aromatic carbocycles. The second kappa shape index (κ2) is 4.66. The van der Waals surface area contributed by atoms with Crippen molar-refractivity contribution in [2.45, 2.75) is 12.5 Å². The minimum atomic E-state index is -2.78. The number of alkyl halides is 2. The van der Waals surface area contributed by atoms with Gasteiger partial charge in [0.05, 0.1) is 12.4 Å². The third kappa shape index (κ3) is 3.09. The maximum Gasteiger partial charge on any atom is 0.265 e. The molecular weight excluding hydrogens is 194 g/mol. The summed E-state index contributed by atoms with van der Waals surface area (Å²) in [5.41, 5.74) is 5.30. The van der Waals surface area contributed by atoms with E-state index < -0.39 is 12.5 Å². The number of hydrogen-bond acceptors (Lipinski definition) is 5. The molecule has 0 aliphatic carbocycles. The quantitative estimate of drug-likeness (QED) is 0.647. The van der Waals surface area contributed by atoms with Gasteiger partial charge in [-0.3, -0.25) is 4.98 Å². The van der Waals surface area contributed by atoms with E-state index in [2.05, 4.69) is 15.3 Å². The molecule has 0 bridgehead atoms. The molecular formula is C7H10F2N4O. The van der Waals surface area contributed by atoms with Crippen molar-refractivity contribution in [3.05, 3.63) is 12.4 Å². The van der Waals surface area contributed by atoms with Gasteiger partial charge in [0, 0.05) is 6.54 Å². The highest BCUT2D eigenvalue weighted by atomic mass is 19.3. The molecule has 0 radical (unpaired) electrons. The fraction of sp³-hybridized carbons (Fsp3) is 0.429. The first-order valence-electron chi connectivity index (χ1n) is 3.87. The molecule has 0 spiro atoms. The number of aliphatic hydroxyl groups is 1. The van der Waals surface area contributed by atoms with Crippen LogP contribution in [0.25, 0.3) is 0 Å². The van der Waals surface area contributed by atoms with Gasteiger partial charge in [0.25, 0.3) is 6.43 Å². The van der Waals surface area contributed by atoms with Gasteiger partial charge in [-0.25, -0.2) is 13.8 Å². The van der Waals surface area contributed by atoms with E-state index in [1.165, 1.54) is 12.4 Å². The van der Waals surface area contributed by atoms with E-state index in [-0.39, 0.29) is 18.2 Å². The summed E-state index contributed by atoms with van der Waals surface area (Å²) in [5, 5.41) is 11.2. The maximum atomic E-state index is 11.9. The van der Waals surface area contributed by atoms with Crippen LogP contribution >= 0.6 is 0 Å². The van der Waals surface area contributed by atoms with E-state index in [0.29, 0.717) is 0 Å². The summed E-state index contributed by atoms with van der Waals surface area (Å²) in [5.74, 6) is 0.436. The molecule has 78 valence electrons. The summed E-state index contributed by atoms with van der Waals surface area (Å²) in [6.45, 7) is -0.296. The Balaban J connectivity index is 2.45. The van der Waals surface area contributed by atoms with Gasteiger partial charge in [-0.05, 0) is 0 Å². The SMILES string of the molecule is Nc1cncc(NCC(O)C(F)F)n1. The molecule has 1 aromatic heterocycles. The highest BCUT2D eigenvalue weighted by Crippen LogP contribution is 2.05. The number of aromatic nitrogens is 2. The van der Waals surface area contributed by atoms with Crippen molar-refractivity contribution in [1.29, 1.82) is 0 Å². The molecule has 0 saturated carbocycles. The molecule has 1 rings (SSSR count). The summed E-state index contributed by atoms with van der Waals surface area (Å²) in [7, 11) is 0. The van der Waals surface area contributed by atoms with Crippen LogP contribution in [-0.4, -0.2) is 34.1 Å². The van der Waals surface area contributed by atoms with E-state index in [1.54, 1.807) is 0 Å². The first-order chi connectivity index (χ1) is 6.59. The summed E-state index contributed by atoms with van der Waals surface area (Å²) in [6, 6.07) is 0. The van der Waals surface area contributed by atoms with Gasteiger partial charge in [-0.15, -0.1) is 0 Å². The molecule has 7 heteroatoms. The van der Waals surface area contributed by atoms with Gasteiger partial charge in [-0.2, -0.15) is 0 Å². The van der Waals surface area contributed by atoms with Crippen LogP contribution in [0.1, 0.15) is 0 Å². The van der Waals surface area contributed by atoms with Crippen molar-refractivity contribution in [3.63, 3.8) is 0 Å². The minimum Gasteiger partial charge on any atom is -0.385 e. The number of nitrogens with zero attached hydrogens (tertiary/aromatic N) is 2. The van der Waals surface area contributed by atoms with Gasteiger partial charge in [0.2, 0.25) is 0 Å². The Bertz CT molecular complexity index is 297. The average Bonchev–Trinajstić information content (AvgIpc) is 2.14. The number of nitrogens with one attached hydrogen (secondary N) is 1. The monoisotopic (exact) mass is 204 g/mol. The van der Waals surface area contributed by atoms with Crippen LogP contribution in [0.15, 0.2) is 12.4 Å². The Morgan fingerprint density at radius 3 is 2.79 bits per heavy atom. The fourth-order valence-electron chi connectivity index (χ4n) is 0.764. The van der Waals surface area contributed by atoms with Gasteiger partial charge < -0.3 is 16.2 Å². The standard InChI is InChI=1S/C7H10F2N4O/c8-7(9)4(14)1-12-6-3-11-2-5(10)13-6/h2-4,7,14H,1H2,(H3,10,12,13). The molecule has 0 aliphatic rings. The number of halogens is 2. The maximum absolute atomic E-state index is 11.9. The first kappa shape index (κ1) is 10.6. The topological polar surface area (TPSA) is 84.1 Å². The van der Waals surface area contributed by atoms with Gasteiger partial charge in [0.15, 0.2) is 0 Å². The third-order valence-corrected chi connectivity index (χ3v) is 1.44. The van der Waals surface area contributed by atoms with Gasteiger partial charge >= 0.3 is 0 Å². The number of rotatable bonds is 4. The summed E-state index contributed by atoms with van der Waals surface area (Å²) in [4.78, 5) is 7.44. The predicted molar refractivity (Wildman–Crippen MR) is 46.9 cm³/mol. The van der Waals surface area contributed by atoms with Gasteiger partial charge in [-0.1, -0.05) is 0 Å². The van der Waals surface area contributed by atoms with Crippen LogP contribution in [0.3, 0.4) is 0 Å². The predicted octanol–water partition coefficient (Wildman–Crippen LogP) is 0.0967. The average molecular weight is 204 g/mol. The number of hydrogen-bond donors (Lipinski definition) is 3. The zero-order valence-electron chi connectivity index (χ0n) is 7.19. The zero-order valence-corrected chi connectivity index (χ0v) is 7.19. The molecule has 1 atom stereocenters. The number of anilines is 2. The minimum absolute atomic E-state index is 0.182. The molecule has 1 unspecified atom stereocenters. The highest BCUT2D eigenvalue weighted by molar-refractivity contribution is 5.38. The fourth-order valence-corrected chi connectivity index (χ4v) is 0.764. The van der Waals surface area contributed by atoms with E-state index in [0.717, 1.165) is 0 Å². The lowest BCUT2D eigenvalue weighted by molar-refractivity contribution is 0.00380. The molecule has 0 fully saturated rings. The third-order valence-electron chi connectivity index (χ3n) is 1.44. The first-order valence-corrected chi connectivity index (χ1v) is 3.87. The second-order valence-corrected chi connectivity index (χ2v) is 2.61. The van der Waals surface area contributed by atoms with E-state index in [9.17, 15) is 8.78 Å². The Morgan fingerprint density at radius 2 is 2.21 bits per heavy atom. The van der Waals surface area contributed by atoms with Crippen LogP contribution < -0.4 is 11.1 Å².